The van der Waals surface area contributed by atoms with Gasteiger partial charge in [0.05, 0.1) is 17.4 Å². The molecule has 0 fully saturated rings. The van der Waals surface area contributed by atoms with Crippen molar-refractivity contribution in [3.05, 3.63) is 71.7 Å². The van der Waals surface area contributed by atoms with Gasteiger partial charge in [0.15, 0.2) is 5.82 Å². The summed E-state index contributed by atoms with van der Waals surface area (Å²) in [7, 11) is 1.59. The number of fused-ring (bicyclic) bond motifs is 2. The molecule has 30 heavy (non-hydrogen) atoms. The second-order valence-corrected chi connectivity index (χ2v) is 7.00. The summed E-state index contributed by atoms with van der Waals surface area (Å²) < 4.78 is 59.6. The van der Waals surface area contributed by atoms with Crippen LogP contribution in [0.5, 0.6) is 0 Å². The maximum Gasteiger partial charge on any atom is 0.212 e. The molecule has 0 radical (unpaired) electrons. The van der Waals surface area contributed by atoms with Crippen molar-refractivity contribution in [1.29, 1.82) is 0 Å². The molecule has 5 rings (SSSR count). The van der Waals surface area contributed by atoms with E-state index in [2.05, 4.69) is 15.2 Å². The highest BCUT2D eigenvalue weighted by atomic mass is 19.1. The number of halogens is 4. The van der Waals surface area contributed by atoms with E-state index in [4.69, 9.17) is 0 Å². The third-order valence-corrected chi connectivity index (χ3v) is 4.94. The van der Waals surface area contributed by atoms with Crippen LogP contribution in [0.4, 0.5) is 17.6 Å². The van der Waals surface area contributed by atoms with Crippen LogP contribution in [0, 0.1) is 30.3 Å². The van der Waals surface area contributed by atoms with Gasteiger partial charge in [-0.2, -0.15) is 14.6 Å². The van der Waals surface area contributed by atoms with Crippen LogP contribution in [-0.4, -0.2) is 24.5 Å². The first-order valence-corrected chi connectivity index (χ1v) is 8.96. The minimum atomic E-state index is -0.848. The van der Waals surface area contributed by atoms with E-state index in [9.17, 15) is 17.6 Å². The molecule has 9 heteroatoms. The summed E-state index contributed by atoms with van der Waals surface area (Å²) in [6, 6.07) is 5.92. The van der Waals surface area contributed by atoms with Gasteiger partial charge in [-0.05, 0) is 36.8 Å². The number of pyridine rings is 1. The summed E-state index contributed by atoms with van der Waals surface area (Å²) in [5.74, 6) is -2.85. The van der Waals surface area contributed by atoms with Crippen LogP contribution in [0.2, 0.25) is 0 Å². The van der Waals surface area contributed by atoms with Gasteiger partial charge >= 0.3 is 0 Å². The zero-order chi connectivity index (χ0) is 21.2. The summed E-state index contributed by atoms with van der Waals surface area (Å²) in [6.07, 6.45) is 2.75. The molecule has 5 aromatic rings. The third-order valence-electron chi connectivity index (χ3n) is 4.94. The Morgan fingerprint density at radius 3 is 2.43 bits per heavy atom. The molecule has 0 N–H and O–H groups in total. The second-order valence-electron chi connectivity index (χ2n) is 7.00. The maximum absolute atomic E-state index is 15.0. The van der Waals surface area contributed by atoms with E-state index in [0.717, 1.165) is 6.07 Å². The Hall–Kier alpha value is -3.75. The van der Waals surface area contributed by atoms with Crippen molar-refractivity contribution >= 4 is 21.8 Å². The molecule has 0 atom stereocenters. The SMILES string of the molecule is Cc1cc(F)cc2c(-c3c(F)cc(F)c4nn(C)cc34)nn(-c3ccc(F)nc3)c12. The highest BCUT2D eigenvalue weighted by Gasteiger charge is 2.24. The van der Waals surface area contributed by atoms with E-state index < -0.39 is 23.4 Å². The maximum atomic E-state index is 15.0. The van der Waals surface area contributed by atoms with Crippen LogP contribution >= 0.6 is 0 Å². The molecule has 0 spiro atoms. The Kier molecular flexibility index (Phi) is 3.89. The minimum Gasteiger partial charge on any atom is -0.274 e. The molecule has 0 saturated heterocycles. The first kappa shape index (κ1) is 18.3. The molecule has 0 aliphatic rings. The number of aryl methyl sites for hydroxylation is 2. The van der Waals surface area contributed by atoms with E-state index in [1.54, 1.807) is 14.0 Å². The lowest BCUT2D eigenvalue weighted by Crippen LogP contribution is -1.99. The Labute approximate surface area is 167 Å². The number of nitrogens with zero attached hydrogens (tertiary/aromatic N) is 5. The van der Waals surface area contributed by atoms with Crippen LogP contribution in [-0.2, 0) is 7.05 Å². The molecular weight excluding hydrogens is 398 g/mol. The number of hydrogen-bond donors (Lipinski definition) is 0. The van der Waals surface area contributed by atoms with E-state index >= 15 is 0 Å². The van der Waals surface area contributed by atoms with Crippen molar-refractivity contribution in [2.75, 3.05) is 0 Å². The summed E-state index contributed by atoms with van der Waals surface area (Å²) in [5.41, 5.74) is 1.55. The third kappa shape index (κ3) is 2.66. The van der Waals surface area contributed by atoms with Crippen molar-refractivity contribution in [2.45, 2.75) is 6.92 Å². The van der Waals surface area contributed by atoms with Crippen LogP contribution in [0.25, 0.3) is 38.8 Å². The summed E-state index contributed by atoms with van der Waals surface area (Å²) in [5, 5.41) is 9.08. The fourth-order valence-electron chi connectivity index (χ4n) is 3.73. The lowest BCUT2D eigenvalue weighted by atomic mass is 10.0. The average molecular weight is 411 g/mol. The first-order valence-electron chi connectivity index (χ1n) is 8.96. The smallest absolute Gasteiger partial charge is 0.212 e. The van der Waals surface area contributed by atoms with Gasteiger partial charge in [-0.25, -0.2) is 22.8 Å². The fourth-order valence-corrected chi connectivity index (χ4v) is 3.73. The highest BCUT2D eigenvalue weighted by Crippen LogP contribution is 2.38. The van der Waals surface area contributed by atoms with Crippen LogP contribution in [0.15, 0.2) is 42.7 Å². The van der Waals surface area contributed by atoms with Gasteiger partial charge in [-0.15, -0.1) is 0 Å². The summed E-state index contributed by atoms with van der Waals surface area (Å²) in [4.78, 5) is 3.64. The number of hydrogen-bond acceptors (Lipinski definition) is 3. The summed E-state index contributed by atoms with van der Waals surface area (Å²) in [6.45, 7) is 1.69. The van der Waals surface area contributed by atoms with Gasteiger partial charge in [-0.1, -0.05) is 0 Å². The predicted octanol–water partition coefficient (Wildman–Crippen LogP) is 4.84. The Morgan fingerprint density at radius 1 is 0.900 bits per heavy atom. The Morgan fingerprint density at radius 2 is 1.70 bits per heavy atom. The Balaban J connectivity index is 1.92. The number of benzene rings is 2. The monoisotopic (exact) mass is 411 g/mol. The van der Waals surface area contributed by atoms with Crippen molar-refractivity contribution in [3.63, 3.8) is 0 Å². The van der Waals surface area contributed by atoms with E-state index in [-0.39, 0.29) is 22.2 Å². The minimum absolute atomic E-state index is 0.00307. The summed E-state index contributed by atoms with van der Waals surface area (Å²) >= 11 is 0. The number of aromatic nitrogens is 5. The van der Waals surface area contributed by atoms with Crippen LogP contribution in [0.3, 0.4) is 0 Å². The fraction of sp³-hybridized carbons (Fsp3) is 0.0952. The molecule has 3 aromatic heterocycles. The van der Waals surface area contributed by atoms with Crippen molar-refractivity contribution < 1.29 is 17.6 Å². The molecule has 0 unspecified atom stereocenters. The molecule has 0 bridgehead atoms. The van der Waals surface area contributed by atoms with E-state index in [1.807, 2.05) is 0 Å². The number of rotatable bonds is 2. The quantitative estimate of drug-likeness (QED) is 0.309. The molecule has 0 saturated carbocycles. The Bertz CT molecular complexity index is 1450. The van der Waals surface area contributed by atoms with Gasteiger partial charge < -0.3 is 0 Å². The normalized spacial score (nSPS) is 11.7. The van der Waals surface area contributed by atoms with Crippen molar-refractivity contribution in [1.82, 2.24) is 24.5 Å². The molecule has 150 valence electrons. The molecule has 0 amide bonds. The average Bonchev–Trinajstić information content (AvgIpc) is 3.24. The molecule has 3 heterocycles. The predicted molar refractivity (Wildman–Crippen MR) is 103 cm³/mol. The van der Waals surface area contributed by atoms with E-state index in [0.29, 0.717) is 22.2 Å². The second kappa shape index (κ2) is 6.38. The molecule has 5 nitrogen and oxygen atoms in total. The first-order chi connectivity index (χ1) is 14.3. The molecular formula is C21H13F4N5. The van der Waals surface area contributed by atoms with Gasteiger partial charge in [0.2, 0.25) is 5.95 Å². The lowest BCUT2D eigenvalue weighted by Gasteiger charge is -2.05. The highest BCUT2D eigenvalue weighted by molar-refractivity contribution is 6.04. The molecule has 0 aliphatic carbocycles. The van der Waals surface area contributed by atoms with Gasteiger partial charge in [0.1, 0.15) is 22.8 Å². The van der Waals surface area contributed by atoms with E-state index in [1.165, 1.54) is 46.0 Å². The van der Waals surface area contributed by atoms with Gasteiger partial charge in [0, 0.05) is 35.6 Å². The van der Waals surface area contributed by atoms with Crippen LogP contribution < -0.4 is 0 Å². The van der Waals surface area contributed by atoms with Gasteiger partial charge in [0.25, 0.3) is 0 Å². The zero-order valence-corrected chi connectivity index (χ0v) is 15.8. The van der Waals surface area contributed by atoms with Gasteiger partial charge in [-0.3, -0.25) is 4.68 Å². The van der Waals surface area contributed by atoms with Crippen molar-refractivity contribution in [2.24, 2.45) is 7.05 Å². The molecule has 0 aliphatic heterocycles. The topological polar surface area (TPSA) is 48.5 Å². The van der Waals surface area contributed by atoms with Crippen molar-refractivity contribution in [3.8, 4) is 16.9 Å². The van der Waals surface area contributed by atoms with Crippen LogP contribution in [0.1, 0.15) is 5.56 Å². The molecule has 2 aromatic carbocycles. The standard InChI is InChI=1S/C21H13F4N5/c1-10-5-11(22)6-13-20(28-30(21(10)13)12-3-4-17(25)26-8-12)18-14-9-29(2)27-19(14)16(24)7-15(18)23/h3-9H,1-2H3. The zero-order valence-electron chi connectivity index (χ0n) is 15.8. The largest absolute Gasteiger partial charge is 0.274 e. The lowest BCUT2D eigenvalue weighted by molar-refractivity contribution is 0.582.